The Morgan fingerprint density at radius 2 is 1.65 bits per heavy atom. The molecule has 3 heteroatoms. The summed E-state index contributed by atoms with van der Waals surface area (Å²) in [6.07, 6.45) is 2.55. The second-order valence-electron chi connectivity index (χ2n) is 6.84. The van der Waals surface area contributed by atoms with Crippen molar-refractivity contribution in [3.05, 3.63) is 35.4 Å². The number of nitrogens with one attached hydrogen (secondary N) is 1. The minimum atomic E-state index is 0. The molecule has 0 amide bonds. The van der Waals surface area contributed by atoms with Crippen molar-refractivity contribution in [1.82, 2.24) is 10.2 Å². The van der Waals surface area contributed by atoms with Crippen molar-refractivity contribution in [2.45, 2.75) is 51.6 Å². The summed E-state index contributed by atoms with van der Waals surface area (Å²) in [6.45, 7) is 10.2. The van der Waals surface area contributed by atoms with Gasteiger partial charge in [0.1, 0.15) is 0 Å². The minimum absolute atomic E-state index is 0. The van der Waals surface area contributed by atoms with Crippen LogP contribution in [0.15, 0.2) is 24.3 Å². The highest BCUT2D eigenvalue weighted by molar-refractivity contribution is 5.85. The summed E-state index contributed by atoms with van der Waals surface area (Å²) in [5.74, 6) is 0. The molecule has 0 radical (unpaired) electrons. The van der Waals surface area contributed by atoms with Crippen LogP contribution in [-0.2, 0) is 12.0 Å². The molecular weight excluding hydrogens is 268 g/mol. The van der Waals surface area contributed by atoms with Crippen LogP contribution in [0, 0.1) is 0 Å². The molecule has 1 aromatic carbocycles. The fraction of sp³-hybridized carbons (Fsp3) is 0.647. The number of hydrogen-bond acceptors (Lipinski definition) is 2. The van der Waals surface area contributed by atoms with Gasteiger partial charge in [0, 0.05) is 12.6 Å². The molecule has 0 aliphatic carbocycles. The summed E-state index contributed by atoms with van der Waals surface area (Å²) in [5.41, 5.74) is 3.09. The first-order valence-corrected chi connectivity index (χ1v) is 7.47. The van der Waals surface area contributed by atoms with Crippen molar-refractivity contribution < 1.29 is 0 Å². The van der Waals surface area contributed by atoms with Crippen LogP contribution in [0.4, 0.5) is 0 Å². The van der Waals surface area contributed by atoms with E-state index in [0.717, 1.165) is 25.7 Å². The molecule has 2 rings (SSSR count). The van der Waals surface area contributed by atoms with Gasteiger partial charge in [0.15, 0.2) is 0 Å². The average molecular weight is 297 g/mol. The fourth-order valence-electron chi connectivity index (χ4n) is 2.77. The van der Waals surface area contributed by atoms with Gasteiger partial charge < -0.3 is 5.32 Å². The zero-order valence-corrected chi connectivity index (χ0v) is 14.1. The van der Waals surface area contributed by atoms with Crippen LogP contribution in [0.3, 0.4) is 0 Å². The maximum atomic E-state index is 3.43. The Hall–Kier alpha value is -0.570. The van der Waals surface area contributed by atoms with E-state index in [4.69, 9.17) is 0 Å². The van der Waals surface area contributed by atoms with Gasteiger partial charge in [-0.15, -0.1) is 12.4 Å². The average Bonchev–Trinajstić information content (AvgIpc) is 2.39. The third kappa shape index (κ3) is 4.76. The summed E-state index contributed by atoms with van der Waals surface area (Å²) in [6, 6.07) is 9.89. The molecule has 0 saturated carbocycles. The molecule has 0 aromatic heterocycles. The summed E-state index contributed by atoms with van der Waals surface area (Å²) in [4.78, 5) is 2.51. The summed E-state index contributed by atoms with van der Waals surface area (Å²) >= 11 is 0. The van der Waals surface area contributed by atoms with Crippen molar-refractivity contribution in [3.63, 3.8) is 0 Å². The zero-order valence-electron chi connectivity index (χ0n) is 13.3. The van der Waals surface area contributed by atoms with Gasteiger partial charge in [0.05, 0.1) is 0 Å². The van der Waals surface area contributed by atoms with E-state index in [9.17, 15) is 0 Å². The molecule has 114 valence electrons. The summed E-state index contributed by atoms with van der Waals surface area (Å²) < 4.78 is 0. The Morgan fingerprint density at radius 1 is 1.10 bits per heavy atom. The van der Waals surface area contributed by atoms with Gasteiger partial charge in [0.25, 0.3) is 0 Å². The molecule has 0 atom stereocenters. The molecule has 0 unspecified atom stereocenters. The van der Waals surface area contributed by atoms with Crippen molar-refractivity contribution in [3.8, 4) is 0 Å². The molecule has 2 nitrogen and oxygen atoms in total. The van der Waals surface area contributed by atoms with Gasteiger partial charge in [0.2, 0.25) is 0 Å². The van der Waals surface area contributed by atoms with Crippen LogP contribution in [0.5, 0.6) is 0 Å². The van der Waals surface area contributed by atoms with E-state index >= 15 is 0 Å². The highest BCUT2D eigenvalue weighted by Crippen LogP contribution is 2.23. The lowest BCUT2D eigenvalue weighted by Crippen LogP contribution is -2.40. The topological polar surface area (TPSA) is 15.3 Å². The van der Waals surface area contributed by atoms with Gasteiger partial charge in [-0.25, -0.2) is 0 Å². The van der Waals surface area contributed by atoms with Crippen LogP contribution >= 0.6 is 12.4 Å². The second kappa shape index (κ2) is 7.44. The van der Waals surface area contributed by atoms with Crippen LogP contribution in [0.1, 0.15) is 44.7 Å². The van der Waals surface area contributed by atoms with Gasteiger partial charge in [-0.1, -0.05) is 45.0 Å². The molecule has 1 N–H and O–H groups in total. The highest BCUT2D eigenvalue weighted by Gasteiger charge is 2.18. The number of piperidine rings is 1. The number of rotatable bonds is 3. The normalized spacial score (nSPS) is 17.1. The van der Waals surface area contributed by atoms with Gasteiger partial charge in [-0.05, 0) is 49.5 Å². The first-order chi connectivity index (χ1) is 8.97. The van der Waals surface area contributed by atoms with Crippen LogP contribution in [0.25, 0.3) is 0 Å². The molecular formula is C17H29ClN2. The number of halogens is 1. The van der Waals surface area contributed by atoms with Crippen molar-refractivity contribution >= 4 is 12.4 Å². The maximum absolute atomic E-state index is 3.43. The van der Waals surface area contributed by atoms with Gasteiger partial charge in [-0.2, -0.15) is 0 Å². The third-order valence-corrected chi connectivity index (χ3v) is 4.18. The standard InChI is InChI=1S/C17H28N2.ClH/c1-17(2,3)15-7-5-14(6-8-15)13-19(4)16-9-11-18-12-10-16;/h5-8,16,18H,9-13H2,1-4H3;1H. The molecule has 1 heterocycles. The number of hydrogen-bond donors (Lipinski definition) is 1. The smallest absolute Gasteiger partial charge is 0.0233 e. The predicted octanol–water partition coefficient (Wildman–Crippen LogP) is 3.59. The van der Waals surface area contributed by atoms with Crippen molar-refractivity contribution in [1.29, 1.82) is 0 Å². The fourth-order valence-corrected chi connectivity index (χ4v) is 2.77. The lowest BCUT2D eigenvalue weighted by Gasteiger charge is -2.31. The van der Waals surface area contributed by atoms with Crippen molar-refractivity contribution in [2.24, 2.45) is 0 Å². The van der Waals surface area contributed by atoms with E-state index in [1.54, 1.807) is 0 Å². The van der Waals surface area contributed by atoms with Gasteiger partial charge >= 0.3 is 0 Å². The Morgan fingerprint density at radius 3 is 2.15 bits per heavy atom. The van der Waals surface area contributed by atoms with E-state index in [-0.39, 0.29) is 17.8 Å². The Kier molecular flexibility index (Phi) is 6.50. The van der Waals surface area contributed by atoms with E-state index in [1.807, 2.05) is 0 Å². The molecule has 1 saturated heterocycles. The van der Waals surface area contributed by atoms with Crippen LogP contribution in [-0.4, -0.2) is 31.1 Å². The third-order valence-electron chi connectivity index (χ3n) is 4.18. The lowest BCUT2D eigenvalue weighted by molar-refractivity contribution is 0.192. The number of benzene rings is 1. The molecule has 1 fully saturated rings. The molecule has 1 aliphatic heterocycles. The van der Waals surface area contributed by atoms with Crippen LogP contribution in [0.2, 0.25) is 0 Å². The zero-order chi connectivity index (χ0) is 13.9. The van der Waals surface area contributed by atoms with Crippen molar-refractivity contribution in [2.75, 3.05) is 20.1 Å². The van der Waals surface area contributed by atoms with Crippen LogP contribution < -0.4 is 5.32 Å². The minimum Gasteiger partial charge on any atom is -0.317 e. The SMILES string of the molecule is CN(Cc1ccc(C(C)(C)C)cc1)C1CCNCC1.Cl. The molecule has 1 aromatic rings. The monoisotopic (exact) mass is 296 g/mol. The Labute approximate surface area is 130 Å². The van der Waals surface area contributed by atoms with E-state index in [2.05, 4.69) is 62.3 Å². The maximum Gasteiger partial charge on any atom is 0.0233 e. The quantitative estimate of drug-likeness (QED) is 0.917. The second-order valence-corrected chi connectivity index (χ2v) is 6.84. The van der Waals surface area contributed by atoms with E-state index in [0.29, 0.717) is 0 Å². The Bertz CT molecular complexity index is 388. The highest BCUT2D eigenvalue weighted by atomic mass is 35.5. The molecule has 20 heavy (non-hydrogen) atoms. The van der Waals surface area contributed by atoms with Gasteiger partial charge in [-0.3, -0.25) is 4.90 Å². The first-order valence-electron chi connectivity index (χ1n) is 7.47. The number of nitrogens with zero attached hydrogens (tertiary/aromatic N) is 1. The summed E-state index contributed by atoms with van der Waals surface area (Å²) in [5, 5.41) is 3.43. The van der Waals surface area contributed by atoms with E-state index < -0.39 is 0 Å². The first kappa shape index (κ1) is 17.5. The summed E-state index contributed by atoms with van der Waals surface area (Å²) in [7, 11) is 2.26. The molecule has 0 bridgehead atoms. The Balaban J connectivity index is 0.00000200. The molecule has 1 aliphatic rings. The predicted molar refractivity (Wildman–Crippen MR) is 89.7 cm³/mol. The van der Waals surface area contributed by atoms with E-state index in [1.165, 1.54) is 24.0 Å². The largest absolute Gasteiger partial charge is 0.317 e. The lowest BCUT2D eigenvalue weighted by atomic mass is 9.86. The molecule has 0 spiro atoms.